The summed E-state index contributed by atoms with van der Waals surface area (Å²) < 4.78 is 0.889. The highest BCUT2D eigenvalue weighted by Gasteiger charge is 2.18. The first-order valence-electron chi connectivity index (χ1n) is 3.86. The quantitative estimate of drug-likeness (QED) is 0.206. The van der Waals surface area contributed by atoms with Crippen LogP contribution in [0.25, 0.3) is 0 Å². The molecule has 0 radical (unpaired) electrons. The third-order valence-corrected chi connectivity index (χ3v) is 4.21. The van der Waals surface area contributed by atoms with Crippen LogP contribution in [-0.2, 0) is 0 Å². The highest BCUT2D eigenvalue weighted by atomic mass is 127. The molecule has 0 unspecified atom stereocenters. The molecule has 0 bridgehead atoms. The Morgan fingerprint density at radius 1 is 1.53 bits per heavy atom. The standard InChI is InChI=1S/C8H6ClI2N3O2.ClH/c9-4-2(7(16)14-8(12)13)1-3(10)6(15)5(4)11;/h1,15H,(H4,12,13,14,16);1H. The normalized spacial score (nSPS) is 9.35. The van der Waals surface area contributed by atoms with Gasteiger partial charge in [-0.05, 0) is 51.2 Å². The average molecular weight is 502 g/mol. The van der Waals surface area contributed by atoms with Crippen molar-refractivity contribution in [2.24, 2.45) is 5.73 Å². The highest BCUT2D eigenvalue weighted by molar-refractivity contribution is 14.1. The fourth-order valence-electron chi connectivity index (χ4n) is 0.940. The number of hydrogen-bond acceptors (Lipinski definition) is 3. The van der Waals surface area contributed by atoms with Crippen LogP contribution in [0.2, 0.25) is 5.02 Å². The van der Waals surface area contributed by atoms with Crippen molar-refractivity contribution in [3.8, 4) is 5.75 Å². The second-order valence-corrected chi connectivity index (χ2v) is 5.37. The summed E-state index contributed by atoms with van der Waals surface area (Å²) in [6.45, 7) is 0. The number of hydrogen-bond donors (Lipinski definition) is 4. The minimum absolute atomic E-state index is 0. The van der Waals surface area contributed by atoms with Crippen molar-refractivity contribution < 1.29 is 9.90 Å². The van der Waals surface area contributed by atoms with E-state index in [0.29, 0.717) is 7.14 Å². The lowest BCUT2D eigenvalue weighted by molar-refractivity contribution is 0.0976. The largest absolute Gasteiger partial charge is 0.506 e. The Bertz CT molecular complexity index is 482. The van der Waals surface area contributed by atoms with Crippen LogP contribution in [0.4, 0.5) is 0 Å². The molecule has 0 saturated carbocycles. The zero-order chi connectivity index (χ0) is 12.5. The van der Waals surface area contributed by atoms with Gasteiger partial charge < -0.3 is 10.8 Å². The van der Waals surface area contributed by atoms with Gasteiger partial charge in [-0.1, -0.05) is 11.6 Å². The Labute approximate surface area is 136 Å². The lowest BCUT2D eigenvalue weighted by Crippen LogP contribution is -2.35. The number of nitrogens with one attached hydrogen (secondary N) is 2. The van der Waals surface area contributed by atoms with Crippen LogP contribution in [0.3, 0.4) is 0 Å². The number of phenolic OH excluding ortho intramolecular Hbond substituents is 1. The van der Waals surface area contributed by atoms with Crippen molar-refractivity contribution in [2.45, 2.75) is 0 Å². The number of carbonyl (C=O) groups is 1. The first-order chi connectivity index (χ1) is 7.34. The summed E-state index contributed by atoms with van der Waals surface area (Å²) in [5.41, 5.74) is 5.21. The lowest BCUT2D eigenvalue weighted by atomic mass is 10.2. The zero-order valence-electron chi connectivity index (χ0n) is 8.05. The summed E-state index contributed by atoms with van der Waals surface area (Å²) in [6.07, 6.45) is 0. The Balaban J connectivity index is 0.00000256. The van der Waals surface area contributed by atoms with Crippen LogP contribution >= 0.6 is 69.2 Å². The molecule has 1 amide bonds. The van der Waals surface area contributed by atoms with E-state index in [1.54, 1.807) is 0 Å². The van der Waals surface area contributed by atoms with Gasteiger partial charge in [0.1, 0.15) is 5.75 Å². The van der Waals surface area contributed by atoms with E-state index >= 15 is 0 Å². The molecule has 0 fully saturated rings. The van der Waals surface area contributed by atoms with Gasteiger partial charge in [0, 0.05) is 0 Å². The van der Waals surface area contributed by atoms with E-state index < -0.39 is 11.9 Å². The van der Waals surface area contributed by atoms with Gasteiger partial charge in [-0.2, -0.15) is 0 Å². The maximum atomic E-state index is 11.6. The van der Waals surface area contributed by atoms with Crippen molar-refractivity contribution in [1.82, 2.24) is 5.32 Å². The molecule has 0 spiro atoms. The smallest absolute Gasteiger partial charge is 0.259 e. The van der Waals surface area contributed by atoms with Gasteiger partial charge in [-0.3, -0.25) is 15.5 Å². The van der Waals surface area contributed by atoms with E-state index in [9.17, 15) is 9.90 Å². The molecule has 9 heteroatoms. The minimum Gasteiger partial charge on any atom is -0.506 e. The van der Waals surface area contributed by atoms with E-state index in [0.717, 1.165) is 0 Å². The molecular weight excluding hydrogens is 495 g/mol. The van der Waals surface area contributed by atoms with Crippen molar-refractivity contribution in [1.29, 1.82) is 5.41 Å². The zero-order valence-corrected chi connectivity index (χ0v) is 13.9. The van der Waals surface area contributed by atoms with Crippen molar-refractivity contribution in [3.63, 3.8) is 0 Å². The molecule has 94 valence electrons. The molecule has 0 saturated heterocycles. The molecule has 0 aliphatic carbocycles. The monoisotopic (exact) mass is 501 g/mol. The molecule has 0 aromatic heterocycles. The fourth-order valence-corrected chi connectivity index (χ4v) is 2.85. The molecule has 0 aliphatic rings. The number of phenols is 1. The van der Waals surface area contributed by atoms with Gasteiger partial charge in [-0.15, -0.1) is 12.4 Å². The maximum Gasteiger partial charge on any atom is 0.259 e. The molecular formula is C8H7Cl2I2N3O2. The van der Waals surface area contributed by atoms with Crippen molar-refractivity contribution >= 4 is 81.1 Å². The van der Waals surface area contributed by atoms with E-state index in [1.807, 2.05) is 45.2 Å². The van der Waals surface area contributed by atoms with E-state index in [1.165, 1.54) is 6.07 Å². The third kappa shape index (κ3) is 4.00. The predicted octanol–water partition coefficient (Wildman–Crippen LogP) is 2.30. The second kappa shape index (κ2) is 6.81. The number of halogens is 4. The summed E-state index contributed by atoms with van der Waals surface area (Å²) in [5.74, 6) is -1.00. The Morgan fingerprint density at radius 2 is 2.06 bits per heavy atom. The van der Waals surface area contributed by atoms with Crippen LogP contribution in [0.15, 0.2) is 6.07 Å². The Morgan fingerprint density at radius 3 is 2.53 bits per heavy atom. The number of nitrogens with two attached hydrogens (primary N) is 1. The van der Waals surface area contributed by atoms with E-state index in [4.69, 9.17) is 22.7 Å². The molecule has 1 rings (SSSR count). The summed E-state index contributed by atoms with van der Waals surface area (Å²) >= 11 is 9.62. The molecule has 1 aromatic rings. The highest BCUT2D eigenvalue weighted by Crippen LogP contribution is 2.34. The molecule has 5 N–H and O–H groups in total. The van der Waals surface area contributed by atoms with Gasteiger partial charge >= 0.3 is 0 Å². The van der Waals surface area contributed by atoms with Crippen LogP contribution in [-0.4, -0.2) is 17.0 Å². The Hall–Kier alpha value is -0.000000000000000278. The summed E-state index contributed by atoms with van der Waals surface area (Å²) in [4.78, 5) is 11.6. The number of benzene rings is 1. The van der Waals surface area contributed by atoms with Gasteiger partial charge in [-0.25, -0.2) is 0 Å². The van der Waals surface area contributed by atoms with E-state index in [-0.39, 0.29) is 28.7 Å². The van der Waals surface area contributed by atoms with Crippen molar-refractivity contribution in [3.05, 3.63) is 23.8 Å². The van der Waals surface area contributed by atoms with Gasteiger partial charge in [0.2, 0.25) is 0 Å². The molecule has 0 heterocycles. The summed E-state index contributed by atoms with van der Waals surface area (Å²) in [5, 5.41) is 18.8. The predicted molar refractivity (Wildman–Crippen MR) is 85.2 cm³/mol. The third-order valence-electron chi connectivity index (χ3n) is 1.63. The van der Waals surface area contributed by atoms with Crippen LogP contribution < -0.4 is 11.1 Å². The number of guanidine groups is 1. The number of amides is 1. The molecule has 0 aliphatic heterocycles. The Kier molecular flexibility index (Phi) is 6.81. The summed E-state index contributed by atoms with van der Waals surface area (Å²) in [7, 11) is 0. The maximum absolute atomic E-state index is 11.6. The van der Waals surface area contributed by atoms with Gasteiger partial charge in [0.05, 0.1) is 17.7 Å². The minimum atomic E-state index is -0.576. The van der Waals surface area contributed by atoms with Crippen LogP contribution in [0, 0.1) is 12.5 Å². The number of rotatable bonds is 1. The average Bonchev–Trinajstić information content (AvgIpc) is 2.19. The molecule has 0 atom stereocenters. The molecule has 5 nitrogen and oxygen atoms in total. The first-order valence-corrected chi connectivity index (χ1v) is 6.40. The SMILES string of the molecule is Cl.N=C(N)NC(=O)c1cc(I)c(O)c(I)c1Cl. The number of carbonyl (C=O) groups excluding carboxylic acids is 1. The first kappa shape index (κ1) is 17.0. The van der Waals surface area contributed by atoms with Crippen LogP contribution in [0.5, 0.6) is 5.75 Å². The van der Waals surface area contributed by atoms with Gasteiger partial charge in [0.15, 0.2) is 5.96 Å². The molecule has 1 aromatic carbocycles. The topological polar surface area (TPSA) is 99.2 Å². The second-order valence-electron chi connectivity index (χ2n) is 2.75. The van der Waals surface area contributed by atoms with Crippen molar-refractivity contribution in [2.75, 3.05) is 0 Å². The van der Waals surface area contributed by atoms with Gasteiger partial charge in [0.25, 0.3) is 5.91 Å². The number of aromatic hydroxyl groups is 1. The fraction of sp³-hybridized carbons (Fsp3) is 0. The molecule has 17 heavy (non-hydrogen) atoms. The summed E-state index contributed by atoms with van der Waals surface area (Å²) in [6, 6.07) is 1.43. The van der Waals surface area contributed by atoms with Crippen LogP contribution in [0.1, 0.15) is 10.4 Å². The lowest BCUT2D eigenvalue weighted by Gasteiger charge is -2.09. The van der Waals surface area contributed by atoms with E-state index in [2.05, 4.69) is 5.32 Å².